The first kappa shape index (κ1) is 16.9. The minimum atomic E-state index is -3.57. The summed E-state index contributed by atoms with van der Waals surface area (Å²) in [5.41, 5.74) is 0. The first-order chi connectivity index (χ1) is 9.92. The molecule has 1 saturated carbocycles. The standard InChI is InChI=1S/C13H20ClN3O2S2/c1-3-15-12-11(14)7-10(8-16-12)21(18,19)17-9-13(20-2)5-4-6-13/h7-8,17H,3-6,9H2,1-2H3,(H,15,16). The minimum Gasteiger partial charge on any atom is -0.369 e. The molecule has 0 amide bonds. The fraction of sp³-hybridized carbons (Fsp3) is 0.615. The van der Waals surface area contributed by atoms with E-state index in [4.69, 9.17) is 11.6 Å². The van der Waals surface area contributed by atoms with Gasteiger partial charge in [-0.1, -0.05) is 18.0 Å². The molecule has 0 unspecified atom stereocenters. The van der Waals surface area contributed by atoms with Crippen molar-refractivity contribution in [3.8, 4) is 0 Å². The number of hydrogen-bond donors (Lipinski definition) is 2. The molecule has 0 aliphatic heterocycles. The van der Waals surface area contributed by atoms with Crippen molar-refractivity contribution in [1.82, 2.24) is 9.71 Å². The van der Waals surface area contributed by atoms with Crippen molar-refractivity contribution in [3.63, 3.8) is 0 Å². The summed E-state index contributed by atoms with van der Waals surface area (Å²) in [6.45, 7) is 3.04. The summed E-state index contributed by atoms with van der Waals surface area (Å²) in [4.78, 5) is 4.17. The quantitative estimate of drug-likeness (QED) is 0.792. The van der Waals surface area contributed by atoms with Crippen molar-refractivity contribution in [2.75, 3.05) is 24.7 Å². The molecule has 1 aliphatic carbocycles. The third-order valence-corrected chi connectivity index (χ3v) is 6.83. The third kappa shape index (κ3) is 3.83. The summed E-state index contributed by atoms with van der Waals surface area (Å²) in [6, 6.07) is 1.43. The number of halogens is 1. The summed E-state index contributed by atoms with van der Waals surface area (Å²) in [7, 11) is -3.57. The molecule has 5 nitrogen and oxygen atoms in total. The lowest BCUT2D eigenvalue weighted by atomic mass is 9.84. The van der Waals surface area contributed by atoms with Crippen molar-refractivity contribution in [2.45, 2.75) is 35.8 Å². The molecule has 0 bridgehead atoms. The second-order valence-corrected chi connectivity index (χ2v) is 8.55. The fourth-order valence-corrected chi connectivity index (χ4v) is 4.60. The minimum absolute atomic E-state index is 0.0496. The number of nitrogens with zero attached hydrogens (tertiary/aromatic N) is 1. The van der Waals surface area contributed by atoms with Crippen LogP contribution in [0.5, 0.6) is 0 Å². The maximum absolute atomic E-state index is 12.3. The van der Waals surface area contributed by atoms with Crippen LogP contribution in [0.2, 0.25) is 5.02 Å². The SMILES string of the molecule is CCNc1ncc(S(=O)(=O)NCC2(SC)CCC2)cc1Cl. The van der Waals surface area contributed by atoms with Gasteiger partial charge in [0, 0.05) is 24.0 Å². The molecule has 1 fully saturated rings. The van der Waals surface area contributed by atoms with Crippen LogP contribution in [0.4, 0.5) is 5.82 Å². The zero-order valence-corrected chi connectivity index (χ0v) is 14.5. The van der Waals surface area contributed by atoms with E-state index in [-0.39, 0.29) is 9.64 Å². The smallest absolute Gasteiger partial charge is 0.242 e. The normalized spacial score (nSPS) is 17.3. The van der Waals surface area contributed by atoms with Crippen LogP contribution in [0, 0.1) is 0 Å². The second-order valence-electron chi connectivity index (χ2n) is 5.10. The van der Waals surface area contributed by atoms with Crippen LogP contribution in [0.25, 0.3) is 0 Å². The molecule has 2 rings (SSSR count). The van der Waals surface area contributed by atoms with Gasteiger partial charge >= 0.3 is 0 Å². The monoisotopic (exact) mass is 349 g/mol. The van der Waals surface area contributed by atoms with Crippen molar-refractivity contribution in [1.29, 1.82) is 0 Å². The topological polar surface area (TPSA) is 71.1 Å². The second kappa shape index (κ2) is 6.73. The Morgan fingerprint density at radius 3 is 2.67 bits per heavy atom. The van der Waals surface area contributed by atoms with E-state index in [1.54, 1.807) is 11.8 Å². The third-order valence-electron chi connectivity index (χ3n) is 3.75. The lowest BCUT2D eigenvalue weighted by Crippen LogP contribution is -2.45. The maximum Gasteiger partial charge on any atom is 0.242 e. The van der Waals surface area contributed by atoms with Crippen molar-refractivity contribution in [2.24, 2.45) is 0 Å². The van der Waals surface area contributed by atoms with E-state index in [9.17, 15) is 8.42 Å². The Morgan fingerprint density at radius 2 is 2.19 bits per heavy atom. The molecule has 1 aromatic heterocycles. The van der Waals surface area contributed by atoms with Crippen LogP contribution in [0.3, 0.4) is 0 Å². The molecule has 8 heteroatoms. The van der Waals surface area contributed by atoms with E-state index >= 15 is 0 Å². The lowest BCUT2D eigenvalue weighted by molar-refractivity contribution is 0.362. The molecule has 118 valence electrons. The Labute approximate surface area is 135 Å². The number of aromatic nitrogens is 1. The largest absolute Gasteiger partial charge is 0.369 e. The van der Waals surface area contributed by atoms with Crippen LogP contribution < -0.4 is 10.0 Å². The molecule has 0 atom stereocenters. The number of hydrogen-bond acceptors (Lipinski definition) is 5. The molecular weight excluding hydrogens is 330 g/mol. The number of thioether (sulfide) groups is 1. The molecule has 0 aromatic carbocycles. The maximum atomic E-state index is 12.3. The van der Waals surface area contributed by atoms with Gasteiger partial charge in [0.25, 0.3) is 0 Å². The van der Waals surface area contributed by atoms with Gasteiger partial charge in [0.1, 0.15) is 10.7 Å². The molecule has 2 N–H and O–H groups in total. The zero-order valence-electron chi connectivity index (χ0n) is 12.1. The first-order valence-electron chi connectivity index (χ1n) is 6.87. The van der Waals surface area contributed by atoms with Crippen molar-refractivity contribution >= 4 is 39.2 Å². The predicted octanol–water partition coefficient (Wildman–Crippen LogP) is 2.73. The first-order valence-corrected chi connectivity index (χ1v) is 9.95. The summed E-state index contributed by atoms with van der Waals surface area (Å²) < 4.78 is 27.4. The molecule has 0 radical (unpaired) electrons. The van der Waals surface area contributed by atoms with Crippen LogP contribution in [-0.2, 0) is 10.0 Å². The number of sulfonamides is 1. The Morgan fingerprint density at radius 1 is 1.48 bits per heavy atom. The van der Waals surface area contributed by atoms with E-state index < -0.39 is 10.0 Å². The zero-order chi connectivity index (χ0) is 15.5. The van der Waals surface area contributed by atoms with E-state index in [1.165, 1.54) is 12.3 Å². The molecule has 1 aromatic rings. The lowest BCUT2D eigenvalue weighted by Gasteiger charge is -2.40. The molecule has 1 heterocycles. The fourth-order valence-electron chi connectivity index (χ4n) is 2.20. The van der Waals surface area contributed by atoms with Crippen LogP contribution >= 0.6 is 23.4 Å². The summed E-state index contributed by atoms with van der Waals surface area (Å²) in [5, 5.41) is 3.28. The van der Waals surface area contributed by atoms with E-state index in [2.05, 4.69) is 15.0 Å². The van der Waals surface area contributed by atoms with Crippen molar-refractivity contribution < 1.29 is 8.42 Å². The highest BCUT2D eigenvalue weighted by Gasteiger charge is 2.37. The van der Waals surface area contributed by atoms with Crippen LogP contribution in [0.15, 0.2) is 17.2 Å². The van der Waals surface area contributed by atoms with Crippen LogP contribution in [0.1, 0.15) is 26.2 Å². The van der Waals surface area contributed by atoms with Gasteiger partial charge in [-0.15, -0.1) is 0 Å². The van der Waals surface area contributed by atoms with Crippen LogP contribution in [-0.4, -0.2) is 37.5 Å². The molecular formula is C13H20ClN3O2S2. The average Bonchev–Trinajstić information content (AvgIpc) is 2.40. The Balaban J connectivity index is 2.10. The summed E-state index contributed by atoms with van der Waals surface area (Å²) in [5.74, 6) is 0.498. The van der Waals surface area contributed by atoms with Crippen molar-refractivity contribution in [3.05, 3.63) is 17.3 Å². The highest BCUT2D eigenvalue weighted by Crippen LogP contribution is 2.42. The Hall–Kier alpha value is -0.500. The molecule has 0 spiro atoms. The Bertz CT molecular complexity index is 598. The average molecular weight is 350 g/mol. The van der Waals surface area contributed by atoms with E-state index in [0.29, 0.717) is 23.9 Å². The van der Waals surface area contributed by atoms with Gasteiger partial charge in [-0.25, -0.2) is 18.1 Å². The molecule has 1 aliphatic rings. The number of nitrogens with one attached hydrogen (secondary N) is 2. The van der Waals surface area contributed by atoms with E-state index in [1.807, 2.05) is 13.2 Å². The van der Waals surface area contributed by atoms with Gasteiger partial charge in [-0.3, -0.25) is 0 Å². The Kier molecular flexibility index (Phi) is 5.40. The summed E-state index contributed by atoms with van der Waals surface area (Å²) >= 11 is 7.78. The summed E-state index contributed by atoms with van der Waals surface area (Å²) in [6.07, 6.45) is 6.62. The van der Waals surface area contributed by atoms with Gasteiger partial charge in [-0.2, -0.15) is 11.8 Å². The predicted molar refractivity (Wildman–Crippen MR) is 88.7 cm³/mol. The highest BCUT2D eigenvalue weighted by atomic mass is 35.5. The van der Waals surface area contributed by atoms with Gasteiger partial charge in [0.15, 0.2) is 0 Å². The van der Waals surface area contributed by atoms with Gasteiger partial charge < -0.3 is 5.32 Å². The van der Waals surface area contributed by atoms with Gasteiger partial charge in [0.2, 0.25) is 10.0 Å². The number of pyridine rings is 1. The molecule has 21 heavy (non-hydrogen) atoms. The van der Waals surface area contributed by atoms with E-state index in [0.717, 1.165) is 19.3 Å². The van der Waals surface area contributed by atoms with Gasteiger partial charge in [-0.05, 0) is 32.1 Å². The number of rotatable bonds is 7. The number of anilines is 1. The highest BCUT2D eigenvalue weighted by molar-refractivity contribution is 8.00. The molecule has 0 saturated heterocycles. The van der Waals surface area contributed by atoms with Gasteiger partial charge in [0.05, 0.1) is 5.02 Å².